The fourth-order valence-corrected chi connectivity index (χ4v) is 8.58. The highest BCUT2D eigenvalue weighted by atomic mass is 14.2. The molecular weight excluding hydrogens is 745 g/mol. The number of benzene rings is 10. The zero-order chi connectivity index (χ0) is 41.5. The fourth-order valence-electron chi connectivity index (χ4n) is 8.58. The van der Waals surface area contributed by atoms with Crippen LogP contribution < -0.4 is 0 Å². The van der Waals surface area contributed by atoms with Gasteiger partial charge in [-0.2, -0.15) is 0 Å². The van der Waals surface area contributed by atoms with Crippen molar-refractivity contribution in [1.29, 1.82) is 0 Å². The molecule has 0 nitrogen and oxygen atoms in total. The summed E-state index contributed by atoms with van der Waals surface area (Å²) < 4.78 is 0. The lowest BCUT2D eigenvalue weighted by molar-refractivity contribution is 1.57. The third kappa shape index (κ3) is 8.23. The summed E-state index contributed by atoms with van der Waals surface area (Å²) in [7, 11) is 0. The van der Waals surface area contributed by atoms with Gasteiger partial charge in [0.2, 0.25) is 0 Å². The van der Waals surface area contributed by atoms with Crippen LogP contribution in [0.3, 0.4) is 0 Å². The molecule has 0 radical (unpaired) electrons. The number of fused-ring (bicyclic) bond motifs is 3. The molecule has 0 N–H and O–H groups in total. The minimum Gasteiger partial charge on any atom is -0.0622 e. The second kappa shape index (κ2) is 17.7. The van der Waals surface area contributed by atoms with Crippen LogP contribution >= 0.6 is 0 Å². The lowest BCUT2D eigenvalue weighted by Gasteiger charge is -2.12. The van der Waals surface area contributed by atoms with E-state index in [-0.39, 0.29) is 0 Å². The van der Waals surface area contributed by atoms with E-state index in [4.69, 9.17) is 0 Å². The van der Waals surface area contributed by atoms with E-state index in [1.54, 1.807) is 0 Å². The summed E-state index contributed by atoms with van der Waals surface area (Å²) in [6.45, 7) is 0. The molecule has 0 heteroatoms. The molecule has 0 atom stereocenters. The van der Waals surface area contributed by atoms with E-state index in [0.29, 0.717) is 0 Å². The van der Waals surface area contributed by atoms with Crippen molar-refractivity contribution < 1.29 is 0 Å². The highest BCUT2D eigenvalue weighted by Crippen LogP contribution is 2.34. The van der Waals surface area contributed by atoms with Crippen molar-refractivity contribution in [2.24, 2.45) is 0 Å². The summed E-state index contributed by atoms with van der Waals surface area (Å²) in [5.41, 5.74) is 14.3. The molecule has 0 bridgehead atoms. The third-order valence-electron chi connectivity index (χ3n) is 11.7. The van der Waals surface area contributed by atoms with Gasteiger partial charge in [0.15, 0.2) is 0 Å². The van der Waals surface area contributed by atoms with Gasteiger partial charge in [0.05, 0.1) is 0 Å². The zero-order valence-electron chi connectivity index (χ0n) is 34.4. The van der Waals surface area contributed by atoms with Crippen molar-refractivity contribution in [3.05, 3.63) is 286 Å². The van der Waals surface area contributed by atoms with Crippen LogP contribution in [0, 0.1) is 0 Å². The minimum atomic E-state index is 1.16. The van der Waals surface area contributed by atoms with Crippen LogP contribution in [0.2, 0.25) is 0 Å². The van der Waals surface area contributed by atoms with E-state index < -0.39 is 0 Å². The van der Waals surface area contributed by atoms with Crippen molar-refractivity contribution >= 4 is 79.9 Å². The molecule has 0 aliphatic carbocycles. The van der Waals surface area contributed by atoms with Gasteiger partial charge in [-0.05, 0) is 111 Å². The Morgan fingerprint density at radius 3 is 1.06 bits per heavy atom. The first kappa shape index (κ1) is 38.2. The van der Waals surface area contributed by atoms with Gasteiger partial charge in [-0.25, -0.2) is 0 Å². The predicted molar refractivity (Wildman–Crippen MR) is 269 cm³/mol. The summed E-state index contributed by atoms with van der Waals surface area (Å²) in [6.07, 6.45) is 13.6. The lowest BCUT2D eigenvalue weighted by Crippen LogP contribution is -1.90. The van der Waals surface area contributed by atoms with Gasteiger partial charge in [-0.1, -0.05) is 255 Å². The Bertz CT molecular complexity index is 3060. The maximum atomic E-state index is 2.31. The molecule has 0 amide bonds. The Labute approximate surface area is 364 Å². The summed E-state index contributed by atoms with van der Waals surface area (Å²) in [6, 6.07) is 82.7. The molecule has 0 saturated heterocycles. The molecule has 62 heavy (non-hydrogen) atoms. The average Bonchev–Trinajstić information content (AvgIpc) is 3.34. The van der Waals surface area contributed by atoms with Gasteiger partial charge in [0.25, 0.3) is 0 Å². The minimum absolute atomic E-state index is 1.16. The first-order chi connectivity index (χ1) is 30.7. The van der Waals surface area contributed by atoms with Gasteiger partial charge in [0, 0.05) is 0 Å². The molecule has 0 saturated carbocycles. The summed E-state index contributed by atoms with van der Waals surface area (Å²) in [4.78, 5) is 0. The number of hydrogen-bond donors (Lipinski definition) is 0. The number of hydrogen-bond acceptors (Lipinski definition) is 0. The van der Waals surface area contributed by atoms with Gasteiger partial charge < -0.3 is 0 Å². The molecule has 10 aromatic carbocycles. The van der Waals surface area contributed by atoms with Crippen molar-refractivity contribution in [1.82, 2.24) is 0 Å². The molecule has 0 aliphatic heterocycles. The normalized spacial score (nSPS) is 12.3. The quantitative estimate of drug-likeness (QED) is 0.121. The summed E-state index contributed by atoms with van der Waals surface area (Å²) in [5, 5.41) is 7.46. The maximum Gasteiger partial charge on any atom is -0.00389 e. The molecule has 292 valence electrons. The highest BCUT2D eigenvalue weighted by molar-refractivity contribution is 6.04. The van der Waals surface area contributed by atoms with Crippen LogP contribution in [0.5, 0.6) is 0 Å². The molecular formula is C62H44. The zero-order valence-corrected chi connectivity index (χ0v) is 34.4. The van der Waals surface area contributed by atoms with Crippen molar-refractivity contribution in [3.63, 3.8) is 0 Å². The van der Waals surface area contributed by atoms with Crippen molar-refractivity contribution in [2.75, 3.05) is 0 Å². The summed E-state index contributed by atoms with van der Waals surface area (Å²) >= 11 is 0. The number of rotatable bonds is 10. The SMILES string of the molecule is C(=C/c1cccc2cccc(/C=C\c3ccc(/C=C(/c4ccccc4)c4cccc5ccccc45)cc3)c12)/c1ccc(/C=C(/c2ccccc2)c2cccc3ccccc23)cc1. The second-order valence-corrected chi connectivity index (χ2v) is 15.7. The molecule has 10 rings (SSSR count). The first-order valence-corrected chi connectivity index (χ1v) is 21.3. The van der Waals surface area contributed by atoms with Gasteiger partial charge >= 0.3 is 0 Å². The standard InChI is InChI=1S/C62H44/c1-3-15-51(16-4-1)60(58-29-13-21-49-19-7-9-27-56(49)58)43-47-35-31-45(32-36-47)39-41-54-25-11-23-53-24-12-26-55(62(53)54)42-40-46-33-37-48(38-34-46)44-61(52-17-5-2-6-18-52)59-30-14-22-50-20-8-10-28-57(50)59/h1-44H/b41-39-,42-40-,60-43-,61-44-. The molecule has 10 aromatic rings. The molecule has 0 aromatic heterocycles. The topological polar surface area (TPSA) is 0 Å². The van der Waals surface area contributed by atoms with Gasteiger partial charge in [-0.3, -0.25) is 0 Å². The average molecular weight is 789 g/mol. The maximum absolute atomic E-state index is 2.31. The molecule has 0 fully saturated rings. The van der Waals surface area contributed by atoms with Crippen LogP contribution in [-0.2, 0) is 0 Å². The van der Waals surface area contributed by atoms with E-state index in [1.165, 1.54) is 76.8 Å². The van der Waals surface area contributed by atoms with Gasteiger partial charge in [0.1, 0.15) is 0 Å². The van der Waals surface area contributed by atoms with Crippen LogP contribution in [0.4, 0.5) is 0 Å². The Balaban J connectivity index is 0.917. The molecule has 0 aliphatic rings. The van der Waals surface area contributed by atoms with E-state index >= 15 is 0 Å². The largest absolute Gasteiger partial charge is 0.0622 e. The Morgan fingerprint density at radius 1 is 0.258 bits per heavy atom. The van der Waals surface area contributed by atoms with E-state index in [1.807, 2.05) is 0 Å². The van der Waals surface area contributed by atoms with Crippen molar-refractivity contribution in [3.8, 4) is 0 Å². The van der Waals surface area contributed by atoms with E-state index in [9.17, 15) is 0 Å². The summed E-state index contributed by atoms with van der Waals surface area (Å²) in [5.74, 6) is 0. The van der Waals surface area contributed by atoms with Crippen LogP contribution in [0.15, 0.2) is 231 Å². The smallest absolute Gasteiger partial charge is 0.00389 e. The fraction of sp³-hybridized carbons (Fsp3) is 0. The van der Waals surface area contributed by atoms with E-state index in [0.717, 1.165) is 22.3 Å². The Hall–Kier alpha value is -8.06. The molecule has 0 spiro atoms. The van der Waals surface area contributed by atoms with Gasteiger partial charge in [-0.15, -0.1) is 0 Å². The lowest BCUT2D eigenvalue weighted by atomic mass is 9.91. The second-order valence-electron chi connectivity index (χ2n) is 15.7. The van der Waals surface area contributed by atoms with E-state index in [2.05, 4.69) is 267 Å². The van der Waals surface area contributed by atoms with Crippen LogP contribution in [0.1, 0.15) is 55.6 Å². The monoisotopic (exact) mass is 788 g/mol. The predicted octanol–water partition coefficient (Wildman–Crippen LogP) is 16.7. The van der Waals surface area contributed by atoms with Crippen LogP contribution in [0.25, 0.3) is 79.9 Å². The van der Waals surface area contributed by atoms with Crippen LogP contribution in [-0.4, -0.2) is 0 Å². The molecule has 0 unspecified atom stereocenters. The first-order valence-electron chi connectivity index (χ1n) is 21.3. The Kier molecular flexibility index (Phi) is 10.9. The molecule has 0 heterocycles. The third-order valence-corrected chi connectivity index (χ3v) is 11.7. The van der Waals surface area contributed by atoms with Crippen molar-refractivity contribution in [2.45, 2.75) is 0 Å². The Morgan fingerprint density at radius 2 is 0.613 bits per heavy atom. The highest BCUT2D eigenvalue weighted by Gasteiger charge is 2.11.